The minimum atomic E-state index is 0.527. The van der Waals surface area contributed by atoms with Gasteiger partial charge in [-0.1, -0.05) is 12.1 Å². The van der Waals surface area contributed by atoms with E-state index in [0.29, 0.717) is 6.54 Å². The molecule has 3 nitrogen and oxygen atoms in total. The summed E-state index contributed by atoms with van der Waals surface area (Å²) in [5.41, 5.74) is 9.13. The van der Waals surface area contributed by atoms with Crippen molar-refractivity contribution >= 4 is 17.0 Å². The van der Waals surface area contributed by atoms with Crippen molar-refractivity contribution in [1.29, 1.82) is 0 Å². The van der Waals surface area contributed by atoms with Crippen LogP contribution in [0.3, 0.4) is 0 Å². The van der Waals surface area contributed by atoms with Gasteiger partial charge in [0.15, 0.2) is 0 Å². The van der Waals surface area contributed by atoms with E-state index in [1.807, 2.05) is 0 Å². The maximum atomic E-state index is 5.56. The first-order valence-corrected chi connectivity index (χ1v) is 6.48. The van der Waals surface area contributed by atoms with E-state index in [9.17, 15) is 0 Å². The molecule has 0 saturated heterocycles. The van der Waals surface area contributed by atoms with E-state index in [-0.39, 0.29) is 0 Å². The Labute approximate surface area is 106 Å². The Morgan fingerprint density at radius 1 is 1.41 bits per heavy atom. The number of thiazole rings is 1. The van der Waals surface area contributed by atoms with Gasteiger partial charge in [0.2, 0.25) is 0 Å². The molecule has 2 N–H and O–H groups in total. The van der Waals surface area contributed by atoms with Crippen LogP contribution in [0.1, 0.15) is 16.3 Å². The lowest BCUT2D eigenvalue weighted by Gasteiger charge is -2.18. The van der Waals surface area contributed by atoms with Crippen molar-refractivity contribution in [1.82, 2.24) is 4.98 Å². The van der Waals surface area contributed by atoms with E-state index in [2.05, 4.69) is 53.5 Å². The fraction of sp³-hybridized carbons (Fsp3) is 0.308. The van der Waals surface area contributed by atoms with Crippen molar-refractivity contribution in [3.05, 3.63) is 45.9 Å². The molecule has 0 bridgehead atoms. The summed E-state index contributed by atoms with van der Waals surface area (Å²) in [7, 11) is 2.08. The average Bonchev–Trinajstić information content (AvgIpc) is 2.77. The zero-order valence-electron chi connectivity index (χ0n) is 10.2. The largest absolute Gasteiger partial charge is 0.369 e. The second-order valence-electron chi connectivity index (χ2n) is 4.13. The maximum absolute atomic E-state index is 5.56. The lowest BCUT2D eigenvalue weighted by molar-refractivity contribution is 0.879. The van der Waals surface area contributed by atoms with E-state index < -0.39 is 0 Å². The molecule has 0 fully saturated rings. The molecule has 4 heteroatoms. The first kappa shape index (κ1) is 12.1. The smallest absolute Gasteiger partial charge is 0.107 e. The van der Waals surface area contributed by atoms with E-state index in [4.69, 9.17) is 5.73 Å². The Morgan fingerprint density at radius 3 is 2.88 bits per heavy atom. The van der Waals surface area contributed by atoms with E-state index >= 15 is 0 Å². The van der Waals surface area contributed by atoms with Crippen LogP contribution in [0.2, 0.25) is 0 Å². The second-order valence-corrected chi connectivity index (χ2v) is 5.07. The minimum Gasteiger partial charge on any atom is -0.369 e. The van der Waals surface area contributed by atoms with E-state index in [1.165, 1.54) is 11.3 Å². The van der Waals surface area contributed by atoms with Gasteiger partial charge < -0.3 is 10.6 Å². The maximum Gasteiger partial charge on any atom is 0.107 e. The topological polar surface area (TPSA) is 42.1 Å². The Kier molecular flexibility index (Phi) is 3.76. The summed E-state index contributed by atoms with van der Waals surface area (Å²) in [5.74, 6) is 0. The van der Waals surface area contributed by atoms with Gasteiger partial charge >= 0.3 is 0 Å². The summed E-state index contributed by atoms with van der Waals surface area (Å²) in [6.07, 6.45) is 0. The molecule has 1 heterocycles. The van der Waals surface area contributed by atoms with Crippen LogP contribution in [-0.2, 0) is 13.1 Å². The molecule has 0 aliphatic heterocycles. The molecule has 0 aliphatic carbocycles. The van der Waals surface area contributed by atoms with Crippen LogP contribution in [-0.4, -0.2) is 12.0 Å². The molecule has 0 atom stereocenters. The van der Waals surface area contributed by atoms with Gasteiger partial charge in [0, 0.05) is 24.7 Å². The standard InChI is InChI=1S/C13H17N3S/c1-10-4-3-5-12(6-10)16(2)8-11-9-17-13(7-14)15-11/h3-6,9H,7-8,14H2,1-2H3. The monoisotopic (exact) mass is 247 g/mol. The Bertz CT molecular complexity index is 493. The number of hydrogen-bond acceptors (Lipinski definition) is 4. The Hall–Kier alpha value is -1.39. The molecule has 17 heavy (non-hydrogen) atoms. The number of anilines is 1. The zero-order valence-corrected chi connectivity index (χ0v) is 11.0. The molecule has 1 aromatic heterocycles. The van der Waals surface area contributed by atoms with Crippen molar-refractivity contribution in [2.45, 2.75) is 20.0 Å². The number of aryl methyl sites for hydroxylation is 1. The van der Waals surface area contributed by atoms with E-state index in [0.717, 1.165) is 17.2 Å². The van der Waals surface area contributed by atoms with Crippen LogP contribution in [0.5, 0.6) is 0 Å². The summed E-state index contributed by atoms with van der Waals surface area (Å²) >= 11 is 1.63. The van der Waals surface area contributed by atoms with Gasteiger partial charge in [-0.3, -0.25) is 0 Å². The van der Waals surface area contributed by atoms with Gasteiger partial charge in [0.05, 0.1) is 12.2 Å². The molecule has 0 unspecified atom stereocenters. The van der Waals surface area contributed by atoms with Gasteiger partial charge in [-0.25, -0.2) is 4.98 Å². The highest BCUT2D eigenvalue weighted by Gasteiger charge is 2.05. The summed E-state index contributed by atoms with van der Waals surface area (Å²) in [6, 6.07) is 8.47. The molecule has 0 amide bonds. The summed E-state index contributed by atoms with van der Waals surface area (Å²) in [6.45, 7) is 3.45. The van der Waals surface area contributed by atoms with Crippen molar-refractivity contribution in [3.63, 3.8) is 0 Å². The number of benzene rings is 1. The van der Waals surface area contributed by atoms with E-state index in [1.54, 1.807) is 11.3 Å². The molecule has 0 radical (unpaired) electrons. The van der Waals surface area contributed by atoms with Crippen molar-refractivity contribution in [2.75, 3.05) is 11.9 Å². The van der Waals surface area contributed by atoms with Crippen molar-refractivity contribution in [2.24, 2.45) is 5.73 Å². The quantitative estimate of drug-likeness (QED) is 0.903. The normalized spacial score (nSPS) is 10.5. The first-order valence-electron chi connectivity index (χ1n) is 5.60. The molecule has 2 rings (SSSR count). The predicted molar refractivity (Wildman–Crippen MR) is 73.3 cm³/mol. The van der Waals surface area contributed by atoms with Gasteiger partial charge in [0.25, 0.3) is 0 Å². The predicted octanol–water partition coefficient (Wildman–Crippen LogP) is 2.55. The number of aromatic nitrogens is 1. The summed E-state index contributed by atoms with van der Waals surface area (Å²) in [4.78, 5) is 6.67. The zero-order chi connectivity index (χ0) is 12.3. The molecular formula is C13H17N3S. The molecular weight excluding hydrogens is 230 g/mol. The lowest BCUT2D eigenvalue weighted by atomic mass is 10.2. The minimum absolute atomic E-state index is 0.527. The number of rotatable bonds is 4. The summed E-state index contributed by atoms with van der Waals surface area (Å²) in [5, 5.41) is 3.08. The molecule has 0 saturated carbocycles. The second kappa shape index (κ2) is 5.29. The lowest BCUT2D eigenvalue weighted by Crippen LogP contribution is -2.16. The number of nitrogens with two attached hydrogens (primary N) is 1. The third-order valence-corrected chi connectivity index (χ3v) is 3.54. The Morgan fingerprint density at radius 2 is 2.24 bits per heavy atom. The van der Waals surface area contributed by atoms with Gasteiger partial charge in [-0.15, -0.1) is 11.3 Å². The highest BCUT2D eigenvalue weighted by atomic mass is 32.1. The van der Waals surface area contributed by atoms with Crippen LogP contribution in [0.25, 0.3) is 0 Å². The van der Waals surface area contributed by atoms with Crippen LogP contribution in [0, 0.1) is 6.92 Å². The third-order valence-electron chi connectivity index (χ3n) is 2.62. The highest BCUT2D eigenvalue weighted by molar-refractivity contribution is 7.09. The van der Waals surface area contributed by atoms with Crippen molar-refractivity contribution in [3.8, 4) is 0 Å². The van der Waals surface area contributed by atoms with Crippen LogP contribution < -0.4 is 10.6 Å². The summed E-state index contributed by atoms with van der Waals surface area (Å²) < 4.78 is 0. The fourth-order valence-electron chi connectivity index (χ4n) is 1.71. The highest BCUT2D eigenvalue weighted by Crippen LogP contribution is 2.17. The molecule has 0 aliphatic rings. The first-order chi connectivity index (χ1) is 8.19. The van der Waals surface area contributed by atoms with Crippen LogP contribution in [0.15, 0.2) is 29.6 Å². The SMILES string of the molecule is Cc1cccc(N(C)Cc2csc(CN)n2)c1. The number of nitrogens with zero attached hydrogens (tertiary/aromatic N) is 2. The Balaban J connectivity index is 2.08. The average molecular weight is 247 g/mol. The molecule has 2 aromatic rings. The van der Waals surface area contributed by atoms with Gasteiger partial charge in [0.1, 0.15) is 5.01 Å². The third kappa shape index (κ3) is 3.05. The fourth-order valence-corrected chi connectivity index (χ4v) is 2.38. The van der Waals surface area contributed by atoms with Gasteiger partial charge in [-0.2, -0.15) is 0 Å². The molecule has 0 spiro atoms. The van der Waals surface area contributed by atoms with Crippen LogP contribution >= 0.6 is 11.3 Å². The van der Waals surface area contributed by atoms with Crippen molar-refractivity contribution < 1.29 is 0 Å². The van der Waals surface area contributed by atoms with Gasteiger partial charge in [-0.05, 0) is 24.6 Å². The van der Waals surface area contributed by atoms with Crippen LogP contribution in [0.4, 0.5) is 5.69 Å². The molecule has 1 aromatic carbocycles. The molecule has 90 valence electrons. The number of hydrogen-bond donors (Lipinski definition) is 1.